The summed E-state index contributed by atoms with van der Waals surface area (Å²) in [6.45, 7) is 0. The number of nitrogens with two attached hydrogens (primary N) is 2. The summed E-state index contributed by atoms with van der Waals surface area (Å²) in [5, 5.41) is 24.2. The van der Waals surface area contributed by atoms with Gasteiger partial charge in [0.1, 0.15) is 0 Å². The molecule has 4 aromatic rings. The van der Waals surface area contributed by atoms with Crippen LogP contribution in [-0.4, -0.2) is 9.85 Å². The van der Waals surface area contributed by atoms with Crippen molar-refractivity contribution in [2.75, 3.05) is 11.5 Å². The maximum absolute atomic E-state index is 10.7. The lowest BCUT2D eigenvalue weighted by atomic mass is 10.1. The highest BCUT2D eigenvalue weighted by atomic mass is 16.6. The zero-order chi connectivity index (χ0) is 20.3. The second-order valence-corrected chi connectivity index (χ2v) is 5.95. The van der Waals surface area contributed by atoms with E-state index in [1.165, 1.54) is 36.4 Å². The molecule has 0 unspecified atom stereocenters. The number of rotatable bonds is 2. The summed E-state index contributed by atoms with van der Waals surface area (Å²) in [6.07, 6.45) is 0. The molecule has 8 heteroatoms. The Hall–Kier alpha value is -4.20. The Bertz CT molecular complexity index is 1150. The standard InChI is InChI=1S/C10H6N2O4.C10H10N2/c13-11(14)9-5-1-3-7-8(9)4-2-6-10(7)12(15)16;11-9-6-5-7-3-1-2-4-8(7)10(9)12/h1-6H;1-6H,11-12H2. The average Bonchev–Trinajstić information content (AvgIpc) is 2.70. The van der Waals surface area contributed by atoms with Gasteiger partial charge in [-0.3, -0.25) is 20.2 Å². The summed E-state index contributed by atoms with van der Waals surface area (Å²) in [6, 6.07) is 20.3. The number of nitrogens with zero attached hydrogens (tertiary/aromatic N) is 2. The van der Waals surface area contributed by atoms with Gasteiger partial charge in [-0.2, -0.15) is 0 Å². The second-order valence-electron chi connectivity index (χ2n) is 5.95. The number of fused-ring (bicyclic) bond motifs is 2. The predicted molar refractivity (Wildman–Crippen MR) is 110 cm³/mol. The molecule has 0 heterocycles. The SMILES string of the molecule is Nc1ccc2ccccc2c1N.O=[N+]([O-])c1cccc2c([N+](=O)[O-])cccc12. The number of nitro groups is 2. The molecule has 4 rings (SSSR count). The molecule has 140 valence electrons. The van der Waals surface area contributed by atoms with E-state index in [2.05, 4.69) is 0 Å². The molecule has 4 aromatic carbocycles. The first-order valence-electron chi connectivity index (χ1n) is 8.23. The van der Waals surface area contributed by atoms with Gasteiger partial charge in [-0.05, 0) is 23.6 Å². The minimum absolute atomic E-state index is 0.124. The Morgan fingerprint density at radius 3 is 1.64 bits per heavy atom. The van der Waals surface area contributed by atoms with Crippen LogP contribution in [-0.2, 0) is 0 Å². The van der Waals surface area contributed by atoms with Gasteiger partial charge in [-0.1, -0.05) is 42.5 Å². The number of benzene rings is 4. The zero-order valence-corrected chi connectivity index (χ0v) is 14.6. The predicted octanol–water partition coefficient (Wildman–Crippen LogP) is 4.66. The molecule has 0 aliphatic heterocycles. The Morgan fingerprint density at radius 1 is 0.607 bits per heavy atom. The summed E-state index contributed by atoms with van der Waals surface area (Å²) in [5.41, 5.74) is 12.5. The highest BCUT2D eigenvalue weighted by Crippen LogP contribution is 2.31. The van der Waals surface area contributed by atoms with Crippen molar-refractivity contribution in [3.05, 3.63) is 93.0 Å². The van der Waals surface area contributed by atoms with Gasteiger partial charge >= 0.3 is 0 Å². The molecule has 0 atom stereocenters. The first-order chi connectivity index (χ1) is 13.4. The van der Waals surface area contributed by atoms with E-state index >= 15 is 0 Å². The van der Waals surface area contributed by atoms with E-state index in [0.29, 0.717) is 11.4 Å². The van der Waals surface area contributed by atoms with Crippen LogP contribution < -0.4 is 11.5 Å². The number of nitro benzene ring substituents is 2. The molecule has 0 fully saturated rings. The fraction of sp³-hybridized carbons (Fsp3) is 0. The first-order valence-corrected chi connectivity index (χ1v) is 8.23. The number of non-ortho nitro benzene ring substituents is 2. The van der Waals surface area contributed by atoms with Gasteiger partial charge in [-0.25, -0.2) is 0 Å². The number of hydrogen-bond donors (Lipinski definition) is 2. The summed E-state index contributed by atoms with van der Waals surface area (Å²) >= 11 is 0. The van der Waals surface area contributed by atoms with Gasteiger partial charge in [0.25, 0.3) is 11.4 Å². The van der Waals surface area contributed by atoms with Gasteiger partial charge in [-0.15, -0.1) is 0 Å². The first kappa shape index (κ1) is 18.6. The molecule has 0 saturated carbocycles. The van der Waals surface area contributed by atoms with E-state index in [1.54, 1.807) is 0 Å². The third kappa shape index (κ3) is 3.51. The van der Waals surface area contributed by atoms with E-state index in [-0.39, 0.29) is 22.1 Å². The summed E-state index contributed by atoms with van der Waals surface area (Å²) in [7, 11) is 0. The molecule has 0 radical (unpaired) electrons. The Balaban J connectivity index is 0.000000167. The van der Waals surface area contributed by atoms with Crippen LogP contribution in [0.5, 0.6) is 0 Å². The lowest BCUT2D eigenvalue weighted by molar-refractivity contribution is -0.384. The van der Waals surface area contributed by atoms with Crippen LogP contribution in [0.15, 0.2) is 72.8 Å². The van der Waals surface area contributed by atoms with Crippen LogP contribution in [0.3, 0.4) is 0 Å². The van der Waals surface area contributed by atoms with Crippen LogP contribution in [0, 0.1) is 20.2 Å². The summed E-state index contributed by atoms with van der Waals surface area (Å²) in [5.74, 6) is 0. The average molecular weight is 376 g/mol. The second kappa shape index (κ2) is 7.58. The number of anilines is 2. The van der Waals surface area contributed by atoms with E-state index in [9.17, 15) is 20.2 Å². The van der Waals surface area contributed by atoms with E-state index in [4.69, 9.17) is 11.5 Å². The van der Waals surface area contributed by atoms with Crippen molar-refractivity contribution in [2.45, 2.75) is 0 Å². The number of nitrogen functional groups attached to an aromatic ring is 2. The fourth-order valence-electron chi connectivity index (χ4n) is 2.91. The quantitative estimate of drug-likeness (QED) is 0.296. The smallest absolute Gasteiger partial charge is 0.277 e. The van der Waals surface area contributed by atoms with Gasteiger partial charge in [0.2, 0.25) is 0 Å². The van der Waals surface area contributed by atoms with Crippen molar-refractivity contribution >= 4 is 44.3 Å². The van der Waals surface area contributed by atoms with Crippen LogP contribution >= 0.6 is 0 Å². The Morgan fingerprint density at radius 2 is 1.11 bits per heavy atom. The van der Waals surface area contributed by atoms with Crippen molar-refractivity contribution in [1.82, 2.24) is 0 Å². The maximum Gasteiger partial charge on any atom is 0.277 e. The normalized spacial score (nSPS) is 10.3. The van der Waals surface area contributed by atoms with Gasteiger partial charge in [0.05, 0.1) is 32.0 Å². The van der Waals surface area contributed by atoms with Crippen molar-refractivity contribution < 1.29 is 9.85 Å². The molecule has 0 aliphatic carbocycles. The van der Waals surface area contributed by atoms with E-state index < -0.39 is 9.85 Å². The maximum atomic E-state index is 10.7. The minimum atomic E-state index is -0.550. The zero-order valence-electron chi connectivity index (χ0n) is 14.6. The van der Waals surface area contributed by atoms with Crippen molar-refractivity contribution in [2.24, 2.45) is 0 Å². The van der Waals surface area contributed by atoms with Gasteiger partial charge < -0.3 is 11.5 Å². The monoisotopic (exact) mass is 376 g/mol. The van der Waals surface area contributed by atoms with Crippen molar-refractivity contribution in [3.8, 4) is 0 Å². The molecule has 28 heavy (non-hydrogen) atoms. The summed E-state index contributed by atoms with van der Waals surface area (Å²) < 4.78 is 0. The number of hydrogen-bond acceptors (Lipinski definition) is 6. The van der Waals surface area contributed by atoms with E-state index in [1.807, 2.05) is 36.4 Å². The third-order valence-electron chi connectivity index (χ3n) is 4.27. The molecule has 0 saturated heterocycles. The van der Waals surface area contributed by atoms with Gasteiger partial charge in [0, 0.05) is 17.5 Å². The van der Waals surface area contributed by atoms with Crippen LogP contribution in [0.2, 0.25) is 0 Å². The molecule has 0 aromatic heterocycles. The van der Waals surface area contributed by atoms with Gasteiger partial charge in [0.15, 0.2) is 0 Å². The third-order valence-corrected chi connectivity index (χ3v) is 4.27. The van der Waals surface area contributed by atoms with Crippen LogP contribution in [0.4, 0.5) is 22.7 Å². The van der Waals surface area contributed by atoms with Crippen LogP contribution in [0.1, 0.15) is 0 Å². The molecule has 0 spiro atoms. The molecule has 0 bridgehead atoms. The minimum Gasteiger partial charge on any atom is -0.397 e. The van der Waals surface area contributed by atoms with E-state index in [0.717, 1.165) is 10.8 Å². The van der Waals surface area contributed by atoms with Crippen molar-refractivity contribution in [3.63, 3.8) is 0 Å². The molecular weight excluding hydrogens is 360 g/mol. The van der Waals surface area contributed by atoms with Crippen molar-refractivity contribution in [1.29, 1.82) is 0 Å². The van der Waals surface area contributed by atoms with Crippen LogP contribution in [0.25, 0.3) is 21.5 Å². The molecule has 0 amide bonds. The molecule has 0 aliphatic rings. The fourth-order valence-corrected chi connectivity index (χ4v) is 2.91. The molecule has 4 N–H and O–H groups in total. The highest BCUT2D eigenvalue weighted by molar-refractivity contribution is 5.98. The lowest BCUT2D eigenvalue weighted by Crippen LogP contribution is -1.94. The molecule has 8 nitrogen and oxygen atoms in total. The topological polar surface area (TPSA) is 138 Å². The molecular formula is C20H16N4O4. The summed E-state index contributed by atoms with van der Waals surface area (Å²) in [4.78, 5) is 20.4. The Labute approximate surface area is 159 Å². The Kier molecular flexibility index (Phi) is 5.03. The highest BCUT2D eigenvalue weighted by Gasteiger charge is 2.17. The largest absolute Gasteiger partial charge is 0.397 e. The lowest BCUT2D eigenvalue weighted by Gasteiger charge is -2.03.